The highest BCUT2D eigenvalue weighted by atomic mass is 16.3. The lowest BCUT2D eigenvalue weighted by Crippen LogP contribution is -2.28. The molecule has 0 aliphatic rings. The van der Waals surface area contributed by atoms with Crippen LogP contribution in [0.1, 0.15) is 21.7 Å². The van der Waals surface area contributed by atoms with Crippen LogP contribution >= 0.6 is 0 Å². The van der Waals surface area contributed by atoms with Gasteiger partial charge in [0, 0.05) is 17.9 Å². The topological polar surface area (TPSA) is 83.4 Å². The van der Waals surface area contributed by atoms with Crippen LogP contribution in [0.2, 0.25) is 0 Å². The molecule has 26 heavy (non-hydrogen) atoms. The lowest BCUT2D eigenvalue weighted by Gasteiger charge is -2.09. The third-order valence-electron chi connectivity index (χ3n) is 3.72. The average Bonchev–Trinajstić information content (AvgIpc) is 3.18. The summed E-state index contributed by atoms with van der Waals surface area (Å²) in [5.74, 6) is -0.0538. The monoisotopic (exact) mass is 349 g/mol. The second-order valence-electron chi connectivity index (χ2n) is 5.80. The van der Waals surface area contributed by atoms with E-state index in [4.69, 9.17) is 4.42 Å². The number of carbonyl (C=O) groups excluding carboxylic acids is 2. The van der Waals surface area contributed by atoms with Crippen LogP contribution < -0.4 is 16.0 Å². The molecule has 0 fully saturated rings. The first-order chi connectivity index (χ1) is 12.6. The predicted molar refractivity (Wildman–Crippen MR) is 100 cm³/mol. The van der Waals surface area contributed by atoms with Crippen LogP contribution in [-0.2, 0) is 6.54 Å². The van der Waals surface area contributed by atoms with E-state index in [1.807, 2.05) is 43.3 Å². The highest BCUT2D eigenvalue weighted by molar-refractivity contribution is 6.02. The van der Waals surface area contributed by atoms with Gasteiger partial charge in [0.05, 0.1) is 6.26 Å². The summed E-state index contributed by atoms with van der Waals surface area (Å²) >= 11 is 0. The molecule has 0 atom stereocenters. The molecule has 0 saturated heterocycles. The number of hydrogen-bond acceptors (Lipinski definition) is 3. The molecule has 0 radical (unpaired) electrons. The summed E-state index contributed by atoms with van der Waals surface area (Å²) in [7, 11) is 0. The minimum Gasteiger partial charge on any atom is -0.459 e. The Labute approximate surface area is 151 Å². The van der Waals surface area contributed by atoms with Crippen molar-refractivity contribution in [2.45, 2.75) is 13.5 Å². The minimum absolute atomic E-state index is 0.253. The molecule has 3 amide bonds. The Bertz CT molecular complexity index is 870. The molecule has 3 rings (SSSR count). The van der Waals surface area contributed by atoms with Crippen molar-refractivity contribution >= 4 is 23.3 Å². The maximum Gasteiger partial charge on any atom is 0.319 e. The Morgan fingerprint density at radius 3 is 2.19 bits per heavy atom. The Kier molecular flexibility index (Phi) is 5.34. The number of aryl methyl sites for hydroxylation is 1. The highest BCUT2D eigenvalue weighted by Crippen LogP contribution is 2.12. The molecule has 132 valence electrons. The van der Waals surface area contributed by atoms with E-state index in [-0.39, 0.29) is 17.7 Å². The van der Waals surface area contributed by atoms with Crippen molar-refractivity contribution in [2.75, 3.05) is 10.6 Å². The number of rotatable bonds is 5. The SMILES string of the molecule is Cc1ccc(NC(=O)NCc2ccc(NC(=O)c3ccco3)cc2)cc1. The van der Waals surface area contributed by atoms with Crippen molar-refractivity contribution in [3.05, 3.63) is 83.8 Å². The van der Waals surface area contributed by atoms with Gasteiger partial charge in [-0.25, -0.2) is 4.79 Å². The summed E-state index contributed by atoms with van der Waals surface area (Å²) < 4.78 is 5.04. The number of urea groups is 1. The van der Waals surface area contributed by atoms with Gasteiger partial charge in [-0.1, -0.05) is 29.8 Å². The zero-order valence-electron chi connectivity index (χ0n) is 14.3. The minimum atomic E-state index is -0.307. The van der Waals surface area contributed by atoms with E-state index in [0.717, 1.165) is 16.8 Å². The molecule has 0 aliphatic heterocycles. The van der Waals surface area contributed by atoms with Gasteiger partial charge in [0.1, 0.15) is 0 Å². The van der Waals surface area contributed by atoms with E-state index >= 15 is 0 Å². The number of hydrogen-bond donors (Lipinski definition) is 3. The maximum absolute atomic E-state index is 11.9. The van der Waals surface area contributed by atoms with Crippen molar-refractivity contribution in [3.63, 3.8) is 0 Å². The van der Waals surface area contributed by atoms with Gasteiger partial charge in [-0.15, -0.1) is 0 Å². The van der Waals surface area contributed by atoms with Gasteiger partial charge in [0.2, 0.25) is 0 Å². The summed E-state index contributed by atoms with van der Waals surface area (Å²) in [4.78, 5) is 23.8. The quantitative estimate of drug-likeness (QED) is 0.647. The third-order valence-corrected chi connectivity index (χ3v) is 3.72. The van der Waals surface area contributed by atoms with Crippen LogP contribution in [0.15, 0.2) is 71.3 Å². The van der Waals surface area contributed by atoms with E-state index in [9.17, 15) is 9.59 Å². The molecule has 0 unspecified atom stereocenters. The second-order valence-corrected chi connectivity index (χ2v) is 5.80. The van der Waals surface area contributed by atoms with Gasteiger partial charge in [-0.3, -0.25) is 4.79 Å². The van der Waals surface area contributed by atoms with Crippen molar-refractivity contribution in [2.24, 2.45) is 0 Å². The third kappa shape index (κ3) is 4.73. The van der Waals surface area contributed by atoms with Crippen molar-refractivity contribution in [1.29, 1.82) is 0 Å². The van der Waals surface area contributed by atoms with E-state index < -0.39 is 0 Å². The second kappa shape index (κ2) is 8.02. The fraction of sp³-hybridized carbons (Fsp3) is 0.100. The lowest BCUT2D eigenvalue weighted by atomic mass is 10.2. The molecular formula is C20H19N3O3. The zero-order chi connectivity index (χ0) is 18.4. The number of anilines is 2. The van der Waals surface area contributed by atoms with Crippen LogP contribution in [0.3, 0.4) is 0 Å². The molecule has 3 N–H and O–H groups in total. The smallest absolute Gasteiger partial charge is 0.319 e. The standard InChI is InChI=1S/C20H19N3O3/c1-14-4-8-17(9-5-14)23-20(25)21-13-15-6-10-16(11-7-15)22-19(24)18-3-2-12-26-18/h2-12H,13H2,1H3,(H,22,24)(H2,21,23,25). The molecule has 0 spiro atoms. The summed E-state index contributed by atoms with van der Waals surface area (Å²) in [5.41, 5.74) is 3.44. The molecule has 0 bridgehead atoms. The molecular weight excluding hydrogens is 330 g/mol. The van der Waals surface area contributed by atoms with Gasteiger partial charge in [0.15, 0.2) is 5.76 Å². The molecule has 2 aromatic carbocycles. The van der Waals surface area contributed by atoms with Gasteiger partial charge >= 0.3 is 6.03 Å². The first-order valence-corrected chi connectivity index (χ1v) is 8.15. The Hall–Kier alpha value is -3.54. The molecule has 1 heterocycles. The van der Waals surface area contributed by atoms with Crippen LogP contribution in [0.5, 0.6) is 0 Å². The van der Waals surface area contributed by atoms with Gasteiger partial charge in [0.25, 0.3) is 5.91 Å². The molecule has 0 saturated carbocycles. The van der Waals surface area contributed by atoms with E-state index in [1.165, 1.54) is 6.26 Å². The number of nitrogens with one attached hydrogen (secondary N) is 3. The largest absolute Gasteiger partial charge is 0.459 e. The summed E-state index contributed by atoms with van der Waals surface area (Å²) in [6.07, 6.45) is 1.45. The Morgan fingerprint density at radius 1 is 0.885 bits per heavy atom. The van der Waals surface area contributed by atoms with Crippen LogP contribution in [0, 0.1) is 6.92 Å². The summed E-state index contributed by atoms with van der Waals surface area (Å²) in [6.45, 7) is 2.37. The Morgan fingerprint density at radius 2 is 1.54 bits per heavy atom. The molecule has 1 aromatic heterocycles. The zero-order valence-corrected chi connectivity index (χ0v) is 14.3. The van der Waals surface area contributed by atoms with Crippen molar-refractivity contribution < 1.29 is 14.0 Å². The summed E-state index contributed by atoms with van der Waals surface area (Å²) in [6, 6.07) is 17.8. The van der Waals surface area contributed by atoms with E-state index in [0.29, 0.717) is 12.2 Å². The highest BCUT2D eigenvalue weighted by Gasteiger charge is 2.08. The molecule has 0 aliphatic carbocycles. The predicted octanol–water partition coefficient (Wildman–Crippen LogP) is 4.16. The average molecular weight is 349 g/mol. The van der Waals surface area contributed by atoms with E-state index in [2.05, 4.69) is 16.0 Å². The first kappa shape index (κ1) is 17.3. The molecule has 6 nitrogen and oxygen atoms in total. The summed E-state index contributed by atoms with van der Waals surface area (Å²) in [5, 5.41) is 8.31. The van der Waals surface area contributed by atoms with Crippen molar-refractivity contribution in [3.8, 4) is 0 Å². The van der Waals surface area contributed by atoms with Crippen LogP contribution in [0.25, 0.3) is 0 Å². The van der Waals surface area contributed by atoms with Crippen LogP contribution in [0.4, 0.5) is 16.2 Å². The number of benzene rings is 2. The van der Waals surface area contributed by atoms with E-state index in [1.54, 1.807) is 24.3 Å². The fourth-order valence-electron chi connectivity index (χ4n) is 2.30. The van der Waals surface area contributed by atoms with Gasteiger partial charge in [-0.2, -0.15) is 0 Å². The maximum atomic E-state index is 11.9. The first-order valence-electron chi connectivity index (χ1n) is 8.15. The van der Waals surface area contributed by atoms with Gasteiger partial charge < -0.3 is 20.4 Å². The number of amides is 3. The fourth-order valence-corrected chi connectivity index (χ4v) is 2.30. The van der Waals surface area contributed by atoms with Crippen LogP contribution in [-0.4, -0.2) is 11.9 Å². The van der Waals surface area contributed by atoms with Gasteiger partial charge in [-0.05, 0) is 48.9 Å². The number of furan rings is 1. The van der Waals surface area contributed by atoms with Crippen molar-refractivity contribution in [1.82, 2.24) is 5.32 Å². The Balaban J connectivity index is 1.48. The molecule has 3 aromatic rings. The number of carbonyl (C=O) groups is 2. The lowest BCUT2D eigenvalue weighted by molar-refractivity contribution is 0.0996. The molecule has 6 heteroatoms. The normalized spacial score (nSPS) is 10.2.